The van der Waals surface area contributed by atoms with Crippen LogP contribution in [0.2, 0.25) is 0 Å². The first kappa shape index (κ1) is 30.0. The minimum Gasteiger partial charge on any atom is -0.393 e. The smallest absolute Gasteiger partial charge is 0.393 e. The van der Waals surface area contributed by atoms with Crippen molar-refractivity contribution in [1.82, 2.24) is 20.2 Å². The van der Waals surface area contributed by atoms with Gasteiger partial charge in [-0.3, -0.25) is 9.59 Å². The van der Waals surface area contributed by atoms with Crippen molar-refractivity contribution in [3.8, 4) is 10.4 Å². The second-order valence-electron chi connectivity index (χ2n) is 10.0. The maximum Gasteiger partial charge on any atom is 0.408 e. The lowest BCUT2D eigenvalue weighted by Gasteiger charge is -2.21. The van der Waals surface area contributed by atoms with E-state index in [0.717, 1.165) is 18.0 Å². The molecule has 0 aromatic carbocycles. The number of aromatic nitrogens is 2. The van der Waals surface area contributed by atoms with E-state index in [4.69, 9.17) is 0 Å². The van der Waals surface area contributed by atoms with Crippen LogP contribution in [-0.2, 0) is 0 Å². The summed E-state index contributed by atoms with van der Waals surface area (Å²) in [5.41, 5.74) is -1.70. The molecule has 2 fully saturated rings. The fraction of sp³-hybridized carbons (Fsp3) is 0.583. The van der Waals surface area contributed by atoms with Gasteiger partial charge in [0.25, 0.3) is 24.2 Å². The number of amides is 2. The highest BCUT2D eigenvalue weighted by Gasteiger charge is 2.46. The third kappa shape index (κ3) is 6.48. The summed E-state index contributed by atoms with van der Waals surface area (Å²) in [5, 5.41) is 14.1. The Balaban J connectivity index is 1.75. The molecule has 16 heteroatoms. The van der Waals surface area contributed by atoms with Crippen LogP contribution < -0.4 is 10.6 Å². The molecule has 1 aliphatic carbocycles. The van der Waals surface area contributed by atoms with Crippen LogP contribution in [0.5, 0.6) is 0 Å². The van der Waals surface area contributed by atoms with Gasteiger partial charge in [0.1, 0.15) is 17.6 Å². The Bertz CT molecular complexity index is 1270. The summed E-state index contributed by atoms with van der Waals surface area (Å²) >= 11 is 0.554. The van der Waals surface area contributed by atoms with Crippen molar-refractivity contribution >= 4 is 29.0 Å². The standard InChI is InChI=1S/C24H26F7N5O3S/c1-10-7-23(27,28)9-36(10)22(39)17-18(40-21(35-17)20(38)34-12-3-4-13(37)5-12)15-8-32-16(6-14(15)19(25)26)33-11(2)24(29,30)31/h6,8,10-13,19,37H,3-5,7,9H2,1-2H3,(H,32,33)(H,34,38)/t10-,11-,12+,13+/m0/s1. The summed E-state index contributed by atoms with van der Waals surface area (Å²) in [6.07, 6.45) is -7.13. The molecule has 3 heterocycles. The maximum atomic E-state index is 14.1. The first-order chi connectivity index (χ1) is 18.6. The molecule has 0 unspecified atom stereocenters. The van der Waals surface area contributed by atoms with Gasteiger partial charge in [0.15, 0.2) is 5.01 Å². The molecule has 3 N–H and O–H groups in total. The van der Waals surface area contributed by atoms with Crippen LogP contribution in [0.25, 0.3) is 10.4 Å². The SMILES string of the molecule is C[C@H](Nc1cc(C(F)F)c(-c2sc(C(=O)N[C@@H]3CC[C@@H](O)C3)nc2C(=O)N2CC(F)(F)C[C@@H]2C)cn1)C(F)(F)F. The number of alkyl halides is 7. The monoisotopic (exact) mass is 597 g/mol. The Morgan fingerprint density at radius 3 is 2.50 bits per heavy atom. The van der Waals surface area contributed by atoms with Crippen molar-refractivity contribution in [2.24, 2.45) is 0 Å². The van der Waals surface area contributed by atoms with Crippen LogP contribution in [-0.4, -0.2) is 74.7 Å². The first-order valence-electron chi connectivity index (χ1n) is 12.4. The summed E-state index contributed by atoms with van der Waals surface area (Å²) in [4.78, 5) is 34.7. The minimum absolute atomic E-state index is 0.262. The van der Waals surface area contributed by atoms with Gasteiger partial charge in [-0.05, 0) is 39.2 Å². The van der Waals surface area contributed by atoms with Crippen molar-refractivity contribution in [1.29, 1.82) is 0 Å². The van der Waals surface area contributed by atoms with E-state index < -0.39 is 84.6 Å². The molecular weight excluding hydrogens is 571 g/mol. The molecule has 0 bridgehead atoms. The second-order valence-corrected chi connectivity index (χ2v) is 11.0. The lowest BCUT2D eigenvalue weighted by molar-refractivity contribution is -0.138. The molecule has 2 aliphatic rings. The van der Waals surface area contributed by atoms with E-state index in [1.54, 1.807) is 0 Å². The number of hydrogen-bond donors (Lipinski definition) is 3. The van der Waals surface area contributed by atoms with Gasteiger partial charge in [-0.1, -0.05) is 0 Å². The Morgan fingerprint density at radius 2 is 1.95 bits per heavy atom. The second kappa shape index (κ2) is 11.1. The van der Waals surface area contributed by atoms with Gasteiger partial charge < -0.3 is 20.6 Å². The summed E-state index contributed by atoms with van der Waals surface area (Å²) in [6.45, 7) is 1.22. The van der Waals surface area contributed by atoms with E-state index in [-0.39, 0.29) is 21.9 Å². The predicted octanol–water partition coefficient (Wildman–Crippen LogP) is 5.02. The molecule has 0 radical (unpaired) electrons. The number of anilines is 1. The number of pyridine rings is 1. The number of hydrogen-bond acceptors (Lipinski definition) is 7. The van der Waals surface area contributed by atoms with Crippen LogP contribution in [0.3, 0.4) is 0 Å². The third-order valence-electron chi connectivity index (χ3n) is 6.82. The van der Waals surface area contributed by atoms with Crippen LogP contribution in [0, 0.1) is 0 Å². The molecule has 0 spiro atoms. The molecule has 1 saturated heterocycles. The lowest BCUT2D eigenvalue weighted by Crippen LogP contribution is -2.36. The van der Waals surface area contributed by atoms with Crippen LogP contribution in [0.15, 0.2) is 12.3 Å². The number of likely N-dealkylation sites (tertiary alicyclic amines) is 1. The van der Waals surface area contributed by atoms with Gasteiger partial charge in [-0.2, -0.15) is 13.2 Å². The quantitative estimate of drug-likeness (QED) is 0.387. The van der Waals surface area contributed by atoms with Crippen molar-refractivity contribution in [3.05, 3.63) is 28.5 Å². The zero-order valence-corrected chi connectivity index (χ0v) is 22.1. The number of thiazole rings is 1. The van der Waals surface area contributed by atoms with Crippen molar-refractivity contribution in [2.45, 2.75) is 82.3 Å². The van der Waals surface area contributed by atoms with Gasteiger partial charge in [0.2, 0.25) is 0 Å². The van der Waals surface area contributed by atoms with Gasteiger partial charge in [0, 0.05) is 35.8 Å². The fourth-order valence-corrected chi connectivity index (χ4v) is 5.72. The minimum atomic E-state index is -4.69. The number of rotatable bonds is 7. The lowest BCUT2D eigenvalue weighted by atomic mass is 10.1. The zero-order chi connectivity index (χ0) is 29.6. The molecule has 2 aromatic heterocycles. The highest BCUT2D eigenvalue weighted by molar-refractivity contribution is 7.17. The Hall–Kier alpha value is -3.01. The van der Waals surface area contributed by atoms with E-state index in [2.05, 4.69) is 15.3 Å². The van der Waals surface area contributed by atoms with Crippen LogP contribution >= 0.6 is 11.3 Å². The van der Waals surface area contributed by atoms with Crippen molar-refractivity contribution in [3.63, 3.8) is 0 Å². The summed E-state index contributed by atoms with van der Waals surface area (Å²) in [7, 11) is 0. The molecular formula is C24H26F7N5O3S. The van der Waals surface area contributed by atoms with Gasteiger partial charge in [0.05, 0.1) is 17.5 Å². The summed E-state index contributed by atoms with van der Waals surface area (Å²) < 4.78 is 95.3. The number of halogens is 7. The molecule has 2 aromatic rings. The van der Waals surface area contributed by atoms with Crippen molar-refractivity contribution in [2.75, 3.05) is 11.9 Å². The van der Waals surface area contributed by atoms with E-state index in [9.17, 15) is 45.4 Å². The molecule has 1 aliphatic heterocycles. The maximum absolute atomic E-state index is 14.1. The summed E-state index contributed by atoms with van der Waals surface area (Å²) in [5.74, 6) is -5.47. The Kier molecular flexibility index (Phi) is 8.32. The average Bonchev–Trinajstić information content (AvgIpc) is 3.54. The normalized spacial score (nSPS) is 23.5. The zero-order valence-electron chi connectivity index (χ0n) is 21.2. The van der Waals surface area contributed by atoms with Gasteiger partial charge >= 0.3 is 6.18 Å². The number of nitrogens with one attached hydrogen (secondary N) is 2. The number of carbonyl (C=O) groups is 2. The van der Waals surface area contributed by atoms with Gasteiger partial charge in [-0.15, -0.1) is 11.3 Å². The third-order valence-corrected chi connectivity index (χ3v) is 7.91. The Morgan fingerprint density at radius 1 is 1.25 bits per heavy atom. The molecule has 40 heavy (non-hydrogen) atoms. The number of carbonyl (C=O) groups excluding carboxylic acids is 2. The highest BCUT2D eigenvalue weighted by atomic mass is 32.1. The first-order valence-corrected chi connectivity index (χ1v) is 13.2. The number of nitrogens with zero attached hydrogens (tertiary/aromatic N) is 3. The average molecular weight is 598 g/mol. The molecule has 8 nitrogen and oxygen atoms in total. The molecule has 4 rings (SSSR count). The van der Waals surface area contributed by atoms with E-state index in [1.165, 1.54) is 6.92 Å². The topological polar surface area (TPSA) is 107 Å². The molecule has 1 saturated carbocycles. The molecule has 4 atom stereocenters. The van der Waals surface area contributed by atoms with E-state index in [0.29, 0.717) is 30.2 Å². The largest absolute Gasteiger partial charge is 0.408 e. The predicted molar refractivity (Wildman–Crippen MR) is 131 cm³/mol. The Labute approximate surface area is 228 Å². The number of aliphatic hydroxyl groups is 1. The fourth-order valence-electron chi connectivity index (χ4n) is 4.72. The highest BCUT2D eigenvalue weighted by Crippen LogP contribution is 2.40. The van der Waals surface area contributed by atoms with Crippen LogP contribution in [0.4, 0.5) is 36.6 Å². The van der Waals surface area contributed by atoms with Gasteiger partial charge in [-0.25, -0.2) is 27.5 Å². The van der Waals surface area contributed by atoms with E-state index >= 15 is 0 Å². The van der Waals surface area contributed by atoms with Crippen LogP contribution in [0.1, 0.15) is 71.8 Å². The van der Waals surface area contributed by atoms with Crippen molar-refractivity contribution < 1.29 is 45.4 Å². The molecule has 220 valence electrons. The number of aliphatic hydroxyl groups excluding tert-OH is 1. The summed E-state index contributed by atoms with van der Waals surface area (Å²) in [6, 6.07) is -2.73. The van der Waals surface area contributed by atoms with E-state index in [1.807, 2.05) is 5.32 Å². The molecule has 2 amide bonds.